The van der Waals surface area contributed by atoms with Gasteiger partial charge in [-0.15, -0.1) is 0 Å². The summed E-state index contributed by atoms with van der Waals surface area (Å²) in [5, 5.41) is 3.62. The Kier molecular flexibility index (Phi) is 6.06. The molecule has 3 aromatic carbocycles. The molecule has 7 heteroatoms. The number of aromatic nitrogens is 2. The maximum atomic E-state index is 12.7. The fourth-order valence-electron chi connectivity index (χ4n) is 3.18. The molecule has 0 aliphatic carbocycles. The smallest absolute Gasteiger partial charge is 0.244 e. The predicted octanol–water partition coefficient (Wildman–Crippen LogP) is 5.98. The molecule has 5 nitrogen and oxygen atoms in total. The van der Waals surface area contributed by atoms with Gasteiger partial charge in [0, 0.05) is 15.2 Å². The Morgan fingerprint density at radius 2 is 1.97 bits per heavy atom. The second-order valence-corrected chi connectivity index (χ2v) is 8.18. The number of para-hydroxylation sites is 2. The summed E-state index contributed by atoms with van der Waals surface area (Å²) in [7, 11) is 0. The van der Waals surface area contributed by atoms with E-state index >= 15 is 0 Å². The molecular weight excluding hydrogens is 466 g/mol. The fraction of sp³-hybridized carbons (Fsp3) is 0.130. The minimum Gasteiger partial charge on any atom is -0.486 e. The number of benzene rings is 3. The van der Waals surface area contributed by atoms with Crippen LogP contribution in [0.25, 0.3) is 11.0 Å². The largest absolute Gasteiger partial charge is 0.486 e. The highest BCUT2D eigenvalue weighted by Crippen LogP contribution is 2.23. The summed E-state index contributed by atoms with van der Waals surface area (Å²) < 4.78 is 8.72. The van der Waals surface area contributed by atoms with Gasteiger partial charge in [-0.1, -0.05) is 45.7 Å². The number of nitrogens with one attached hydrogen (secondary N) is 1. The number of ether oxygens (including phenoxy) is 1. The number of amides is 1. The van der Waals surface area contributed by atoms with Gasteiger partial charge in [0.25, 0.3) is 0 Å². The Hall–Kier alpha value is -2.83. The van der Waals surface area contributed by atoms with Crippen molar-refractivity contribution in [2.45, 2.75) is 20.1 Å². The molecule has 30 heavy (non-hydrogen) atoms. The van der Waals surface area contributed by atoms with Crippen LogP contribution in [-0.2, 0) is 17.9 Å². The molecule has 1 N–H and O–H groups in total. The third kappa shape index (κ3) is 4.66. The predicted molar refractivity (Wildman–Crippen MR) is 123 cm³/mol. The number of imidazole rings is 1. The number of rotatable bonds is 6. The van der Waals surface area contributed by atoms with E-state index in [1.165, 1.54) is 0 Å². The average molecular weight is 485 g/mol. The van der Waals surface area contributed by atoms with Crippen molar-refractivity contribution in [1.82, 2.24) is 9.55 Å². The molecule has 152 valence electrons. The first-order chi connectivity index (χ1) is 14.5. The Labute approximate surface area is 187 Å². The van der Waals surface area contributed by atoms with Crippen LogP contribution in [0.4, 0.5) is 5.69 Å². The van der Waals surface area contributed by atoms with Crippen LogP contribution in [0.3, 0.4) is 0 Å². The summed E-state index contributed by atoms with van der Waals surface area (Å²) in [6.07, 6.45) is 0. The third-order valence-electron chi connectivity index (χ3n) is 4.64. The van der Waals surface area contributed by atoms with Crippen molar-refractivity contribution in [2.75, 3.05) is 5.32 Å². The SMILES string of the molecule is Cc1cc(OCc2nc3ccccc3n2CC(=O)Nc2cccc(Br)c2)ccc1Cl. The van der Waals surface area contributed by atoms with Crippen molar-refractivity contribution in [1.29, 1.82) is 0 Å². The molecule has 0 bridgehead atoms. The van der Waals surface area contributed by atoms with E-state index in [1.807, 2.05) is 72.2 Å². The van der Waals surface area contributed by atoms with Crippen molar-refractivity contribution < 1.29 is 9.53 Å². The minimum atomic E-state index is -0.139. The first-order valence-electron chi connectivity index (χ1n) is 9.38. The number of hydrogen-bond acceptors (Lipinski definition) is 3. The molecular formula is C23H19BrClN3O2. The molecule has 0 saturated carbocycles. The molecule has 1 amide bonds. The standard InChI is InChI=1S/C23H19BrClN3O2/c1-15-11-18(9-10-19(15)25)30-14-22-27-20-7-2-3-8-21(20)28(22)13-23(29)26-17-6-4-5-16(24)12-17/h2-12H,13-14H2,1H3,(H,26,29). The number of carbonyl (C=O) groups excluding carboxylic acids is 1. The van der Waals surface area contributed by atoms with Gasteiger partial charge in [-0.3, -0.25) is 4.79 Å². The maximum Gasteiger partial charge on any atom is 0.244 e. The quantitative estimate of drug-likeness (QED) is 0.366. The van der Waals surface area contributed by atoms with Gasteiger partial charge in [0.15, 0.2) is 0 Å². The van der Waals surface area contributed by atoms with E-state index in [-0.39, 0.29) is 19.1 Å². The summed E-state index contributed by atoms with van der Waals surface area (Å²) >= 11 is 9.51. The van der Waals surface area contributed by atoms with E-state index in [9.17, 15) is 4.79 Å². The summed E-state index contributed by atoms with van der Waals surface area (Å²) in [5.41, 5.74) is 3.37. The second-order valence-electron chi connectivity index (χ2n) is 6.86. The Morgan fingerprint density at radius 3 is 2.77 bits per heavy atom. The van der Waals surface area contributed by atoms with E-state index in [0.717, 1.165) is 26.8 Å². The van der Waals surface area contributed by atoms with Crippen molar-refractivity contribution in [2.24, 2.45) is 0 Å². The van der Waals surface area contributed by atoms with Crippen LogP contribution in [0, 0.1) is 6.92 Å². The molecule has 0 radical (unpaired) electrons. The fourth-order valence-corrected chi connectivity index (χ4v) is 3.69. The summed E-state index contributed by atoms with van der Waals surface area (Å²) in [5.74, 6) is 1.24. The topological polar surface area (TPSA) is 56.2 Å². The molecule has 0 aliphatic rings. The first kappa shape index (κ1) is 20.4. The molecule has 0 saturated heterocycles. The summed E-state index contributed by atoms with van der Waals surface area (Å²) in [6.45, 7) is 2.29. The lowest BCUT2D eigenvalue weighted by atomic mass is 10.2. The van der Waals surface area contributed by atoms with Crippen LogP contribution < -0.4 is 10.1 Å². The number of nitrogens with zero attached hydrogens (tertiary/aromatic N) is 2. The van der Waals surface area contributed by atoms with Crippen LogP contribution >= 0.6 is 27.5 Å². The van der Waals surface area contributed by atoms with Gasteiger partial charge in [0.05, 0.1) is 11.0 Å². The molecule has 0 unspecified atom stereocenters. The number of hydrogen-bond donors (Lipinski definition) is 1. The average Bonchev–Trinajstić information content (AvgIpc) is 3.06. The molecule has 0 aliphatic heterocycles. The Balaban J connectivity index is 1.56. The van der Waals surface area contributed by atoms with Crippen molar-refractivity contribution in [3.63, 3.8) is 0 Å². The molecule has 4 rings (SSSR count). The zero-order valence-electron chi connectivity index (χ0n) is 16.2. The number of halogens is 2. The lowest BCUT2D eigenvalue weighted by Gasteiger charge is -2.12. The minimum absolute atomic E-state index is 0.130. The molecule has 1 heterocycles. The highest BCUT2D eigenvalue weighted by Gasteiger charge is 2.15. The molecule has 0 atom stereocenters. The van der Waals surface area contributed by atoms with E-state index < -0.39 is 0 Å². The van der Waals surface area contributed by atoms with Gasteiger partial charge in [-0.05, 0) is 61.0 Å². The van der Waals surface area contributed by atoms with Gasteiger partial charge in [-0.25, -0.2) is 4.98 Å². The summed E-state index contributed by atoms with van der Waals surface area (Å²) in [4.78, 5) is 17.4. The lowest BCUT2D eigenvalue weighted by molar-refractivity contribution is -0.116. The third-order valence-corrected chi connectivity index (χ3v) is 5.56. The zero-order valence-corrected chi connectivity index (χ0v) is 18.6. The number of aryl methyl sites for hydroxylation is 1. The Morgan fingerprint density at radius 1 is 1.13 bits per heavy atom. The van der Waals surface area contributed by atoms with E-state index in [0.29, 0.717) is 16.6 Å². The lowest BCUT2D eigenvalue weighted by Crippen LogP contribution is -2.20. The summed E-state index contributed by atoms with van der Waals surface area (Å²) in [6, 6.07) is 20.7. The van der Waals surface area contributed by atoms with Crippen molar-refractivity contribution >= 4 is 50.2 Å². The monoisotopic (exact) mass is 483 g/mol. The molecule has 4 aromatic rings. The maximum absolute atomic E-state index is 12.7. The van der Waals surface area contributed by atoms with Gasteiger partial charge < -0.3 is 14.6 Å². The van der Waals surface area contributed by atoms with Gasteiger partial charge in [0.2, 0.25) is 5.91 Å². The van der Waals surface area contributed by atoms with Crippen LogP contribution in [0.1, 0.15) is 11.4 Å². The van der Waals surface area contributed by atoms with Gasteiger partial charge in [0.1, 0.15) is 24.7 Å². The van der Waals surface area contributed by atoms with E-state index in [2.05, 4.69) is 26.2 Å². The van der Waals surface area contributed by atoms with Crippen LogP contribution in [0.2, 0.25) is 5.02 Å². The van der Waals surface area contributed by atoms with Crippen molar-refractivity contribution in [3.05, 3.63) is 87.6 Å². The van der Waals surface area contributed by atoms with Crippen LogP contribution in [0.5, 0.6) is 5.75 Å². The van der Waals surface area contributed by atoms with Gasteiger partial charge >= 0.3 is 0 Å². The van der Waals surface area contributed by atoms with Crippen molar-refractivity contribution in [3.8, 4) is 5.75 Å². The van der Waals surface area contributed by atoms with E-state index in [4.69, 9.17) is 16.3 Å². The van der Waals surface area contributed by atoms with E-state index in [1.54, 1.807) is 6.07 Å². The second kappa shape index (κ2) is 8.90. The Bertz CT molecular complexity index is 1220. The van der Waals surface area contributed by atoms with Crippen LogP contribution in [-0.4, -0.2) is 15.5 Å². The molecule has 0 spiro atoms. The highest BCUT2D eigenvalue weighted by atomic mass is 79.9. The number of carbonyl (C=O) groups is 1. The molecule has 0 fully saturated rings. The number of fused-ring (bicyclic) bond motifs is 1. The normalized spacial score (nSPS) is 10.9. The van der Waals surface area contributed by atoms with Gasteiger partial charge in [-0.2, -0.15) is 0 Å². The number of anilines is 1. The first-order valence-corrected chi connectivity index (χ1v) is 10.6. The zero-order chi connectivity index (χ0) is 21.1. The van der Waals surface area contributed by atoms with Crippen LogP contribution in [0.15, 0.2) is 71.2 Å². The highest BCUT2D eigenvalue weighted by molar-refractivity contribution is 9.10. The molecule has 1 aromatic heterocycles.